The fraction of sp³-hybridized carbons (Fsp3) is 0. The molecule has 10 rings (SSSR count). The van der Waals surface area contributed by atoms with E-state index in [1.165, 1.54) is 87.8 Å². The first-order chi connectivity index (χ1) is 19.8. The lowest BCUT2D eigenvalue weighted by molar-refractivity contribution is 1.35. The average molecular weight is 505 g/mol. The summed E-state index contributed by atoms with van der Waals surface area (Å²) in [5.74, 6) is 0. The molecule has 2 aliphatic carbocycles. The van der Waals surface area contributed by atoms with Crippen molar-refractivity contribution in [3.8, 4) is 55.8 Å². The Morgan fingerprint density at radius 1 is 0.375 bits per heavy atom. The molecule has 0 saturated heterocycles. The number of rotatable bonds is 1. The minimum atomic E-state index is 1.05. The third kappa shape index (κ3) is 2.49. The summed E-state index contributed by atoms with van der Waals surface area (Å²) in [6.45, 7) is 0. The number of hydrogen-bond acceptors (Lipinski definition) is 2. The molecule has 2 heteroatoms. The predicted octanol–water partition coefficient (Wildman–Crippen LogP) is 10.1. The van der Waals surface area contributed by atoms with Crippen LogP contribution in [0.4, 0.5) is 0 Å². The fourth-order valence-corrected chi connectivity index (χ4v) is 7.29. The van der Waals surface area contributed by atoms with E-state index in [1.54, 1.807) is 0 Å². The highest BCUT2D eigenvalue weighted by Gasteiger charge is 2.25. The molecule has 6 aromatic carbocycles. The molecule has 0 saturated carbocycles. The Kier molecular flexibility index (Phi) is 3.70. The number of aromatic nitrogens is 2. The summed E-state index contributed by atoms with van der Waals surface area (Å²) in [6, 6.07) is 40.2. The maximum atomic E-state index is 4.82. The van der Waals surface area contributed by atoms with Crippen LogP contribution in [0.25, 0.3) is 99.0 Å². The summed E-state index contributed by atoms with van der Waals surface area (Å²) in [6.07, 6.45) is 3.85. The van der Waals surface area contributed by atoms with Crippen LogP contribution in [0.1, 0.15) is 0 Å². The molecule has 2 heterocycles. The van der Waals surface area contributed by atoms with Crippen molar-refractivity contribution in [3.63, 3.8) is 0 Å². The highest BCUT2D eigenvalue weighted by atomic mass is 14.7. The first kappa shape index (κ1) is 20.6. The van der Waals surface area contributed by atoms with Crippen LogP contribution in [0.15, 0.2) is 122 Å². The number of hydrogen-bond donors (Lipinski definition) is 0. The second kappa shape index (κ2) is 7.19. The van der Waals surface area contributed by atoms with Crippen LogP contribution in [-0.2, 0) is 0 Å². The van der Waals surface area contributed by atoms with E-state index in [0.29, 0.717) is 0 Å². The summed E-state index contributed by atoms with van der Waals surface area (Å²) < 4.78 is 0. The van der Waals surface area contributed by atoms with Crippen molar-refractivity contribution in [1.29, 1.82) is 0 Å². The Hall–Kier alpha value is -5.34. The molecule has 0 N–H and O–H groups in total. The van der Waals surface area contributed by atoms with Crippen molar-refractivity contribution in [2.75, 3.05) is 0 Å². The van der Waals surface area contributed by atoms with Gasteiger partial charge in [0.25, 0.3) is 0 Å². The van der Waals surface area contributed by atoms with Gasteiger partial charge in [0.1, 0.15) is 0 Å². The van der Waals surface area contributed by atoms with Crippen LogP contribution in [0.2, 0.25) is 0 Å². The van der Waals surface area contributed by atoms with Crippen molar-refractivity contribution in [1.82, 2.24) is 9.97 Å². The zero-order valence-electron chi connectivity index (χ0n) is 21.4. The van der Waals surface area contributed by atoms with Gasteiger partial charge in [-0.05, 0) is 108 Å². The van der Waals surface area contributed by atoms with Gasteiger partial charge in [0.15, 0.2) is 0 Å². The second-order valence-electron chi connectivity index (χ2n) is 11.0. The van der Waals surface area contributed by atoms with Crippen molar-refractivity contribution in [2.45, 2.75) is 0 Å². The zero-order valence-corrected chi connectivity index (χ0v) is 21.4. The van der Waals surface area contributed by atoms with E-state index < -0.39 is 0 Å². The van der Waals surface area contributed by atoms with Crippen molar-refractivity contribution >= 4 is 43.2 Å². The molecule has 0 atom stereocenters. The smallest absolute Gasteiger partial charge is 0.0787 e. The largest absolute Gasteiger partial charge is 0.256 e. The number of benzene rings is 6. The summed E-state index contributed by atoms with van der Waals surface area (Å²) in [5, 5.41) is 8.94. The lowest BCUT2D eigenvalue weighted by atomic mass is 9.91. The molecule has 0 spiro atoms. The Bertz CT molecular complexity index is 2430. The Balaban J connectivity index is 1.27. The maximum Gasteiger partial charge on any atom is 0.0787 e. The molecule has 0 bridgehead atoms. The molecule has 40 heavy (non-hydrogen) atoms. The molecular weight excluding hydrogens is 484 g/mol. The number of nitrogens with zero attached hydrogens (tertiary/aromatic N) is 2. The van der Waals surface area contributed by atoms with E-state index in [2.05, 4.69) is 103 Å². The lowest BCUT2D eigenvalue weighted by Crippen LogP contribution is -1.87. The molecule has 8 aromatic rings. The van der Waals surface area contributed by atoms with Crippen molar-refractivity contribution in [2.24, 2.45) is 0 Å². The third-order valence-corrected chi connectivity index (χ3v) is 9.01. The Morgan fingerprint density at radius 3 is 2.15 bits per heavy atom. The van der Waals surface area contributed by atoms with Gasteiger partial charge in [-0.2, -0.15) is 0 Å². The van der Waals surface area contributed by atoms with Crippen LogP contribution in [0.5, 0.6) is 0 Å². The van der Waals surface area contributed by atoms with Gasteiger partial charge in [-0.25, -0.2) is 0 Å². The zero-order chi connectivity index (χ0) is 25.9. The standard InChI is InChI=1S/C38H20N2/c1-2-6-25-24(5-1)29-14-16-39-35-19-23(18-33(25)37(29)35)22-11-10-21-12-13-26-27-7-3-8-28-30-9-4-15-40-38(30)34(36(27)28)20-32(26)31(21)17-22/h1-20H. The summed E-state index contributed by atoms with van der Waals surface area (Å²) in [4.78, 5) is 9.62. The highest BCUT2D eigenvalue weighted by molar-refractivity contribution is 6.27. The normalized spacial score (nSPS) is 12.5. The Labute approximate surface area is 230 Å². The number of pyridine rings is 2. The molecule has 0 aliphatic heterocycles. The van der Waals surface area contributed by atoms with E-state index in [4.69, 9.17) is 9.97 Å². The number of fused-ring (bicyclic) bond motifs is 10. The minimum absolute atomic E-state index is 1.05. The van der Waals surface area contributed by atoms with Crippen LogP contribution < -0.4 is 0 Å². The van der Waals surface area contributed by atoms with E-state index in [9.17, 15) is 0 Å². The van der Waals surface area contributed by atoms with Crippen molar-refractivity contribution < 1.29 is 0 Å². The summed E-state index contributed by atoms with van der Waals surface area (Å²) in [5.41, 5.74) is 13.4. The Morgan fingerprint density at radius 2 is 1.20 bits per heavy atom. The van der Waals surface area contributed by atoms with Gasteiger partial charge >= 0.3 is 0 Å². The first-order valence-electron chi connectivity index (χ1n) is 13.7. The third-order valence-electron chi connectivity index (χ3n) is 9.01. The molecule has 0 amide bonds. The monoisotopic (exact) mass is 504 g/mol. The summed E-state index contributed by atoms with van der Waals surface area (Å²) >= 11 is 0. The molecular formula is C38H20N2. The van der Waals surface area contributed by atoms with Gasteiger partial charge in [0.2, 0.25) is 0 Å². The van der Waals surface area contributed by atoms with E-state index in [0.717, 1.165) is 11.2 Å². The fourth-order valence-electron chi connectivity index (χ4n) is 7.29. The lowest BCUT2D eigenvalue weighted by Gasteiger charge is -2.12. The molecule has 2 aromatic heterocycles. The maximum absolute atomic E-state index is 4.82. The van der Waals surface area contributed by atoms with E-state index >= 15 is 0 Å². The first-order valence-corrected chi connectivity index (χ1v) is 13.7. The second-order valence-corrected chi connectivity index (χ2v) is 11.0. The van der Waals surface area contributed by atoms with Gasteiger partial charge in [0.05, 0.1) is 11.2 Å². The van der Waals surface area contributed by atoms with Gasteiger partial charge in [0, 0.05) is 28.9 Å². The van der Waals surface area contributed by atoms with E-state index in [1.807, 2.05) is 18.5 Å². The van der Waals surface area contributed by atoms with Crippen LogP contribution in [0.3, 0.4) is 0 Å². The van der Waals surface area contributed by atoms with Gasteiger partial charge in [-0.1, -0.05) is 72.8 Å². The van der Waals surface area contributed by atoms with E-state index in [-0.39, 0.29) is 0 Å². The van der Waals surface area contributed by atoms with Crippen molar-refractivity contribution in [3.05, 3.63) is 122 Å². The quantitative estimate of drug-likeness (QED) is 0.208. The van der Waals surface area contributed by atoms with Crippen LogP contribution in [-0.4, -0.2) is 9.97 Å². The molecule has 0 fully saturated rings. The van der Waals surface area contributed by atoms with Gasteiger partial charge in [-0.3, -0.25) is 9.97 Å². The highest BCUT2D eigenvalue weighted by Crippen LogP contribution is 2.50. The molecule has 2 aliphatic rings. The minimum Gasteiger partial charge on any atom is -0.256 e. The predicted molar refractivity (Wildman–Crippen MR) is 166 cm³/mol. The van der Waals surface area contributed by atoms with Gasteiger partial charge in [-0.15, -0.1) is 0 Å². The van der Waals surface area contributed by atoms with Crippen LogP contribution in [0, 0.1) is 0 Å². The van der Waals surface area contributed by atoms with Gasteiger partial charge < -0.3 is 0 Å². The molecule has 0 unspecified atom stereocenters. The summed E-state index contributed by atoms with van der Waals surface area (Å²) in [7, 11) is 0. The molecule has 2 nitrogen and oxygen atoms in total. The average Bonchev–Trinajstić information content (AvgIpc) is 3.52. The topological polar surface area (TPSA) is 25.8 Å². The molecule has 0 radical (unpaired) electrons. The SMILES string of the molecule is c1ccc2c(c1)-c1ccnc3cc(-c4ccc5ccc6c7cccc8c7c(cc6c5c4)-c4ncccc4-8)cc-2c13. The van der Waals surface area contributed by atoms with Crippen LogP contribution >= 0.6 is 0 Å². The molecule has 182 valence electrons.